The van der Waals surface area contributed by atoms with Gasteiger partial charge in [0, 0.05) is 47.2 Å². The van der Waals surface area contributed by atoms with E-state index in [2.05, 4.69) is 66.5 Å². The molecule has 35 heavy (non-hydrogen) atoms. The third-order valence-corrected chi connectivity index (χ3v) is 8.37. The Bertz CT molecular complexity index is 1660. The van der Waals surface area contributed by atoms with Crippen LogP contribution in [-0.4, -0.2) is 18.7 Å². The summed E-state index contributed by atoms with van der Waals surface area (Å²) in [6.45, 7) is 3.06. The molecule has 0 spiro atoms. The second-order valence-electron chi connectivity index (χ2n) is 9.44. The van der Waals surface area contributed by atoms with Crippen LogP contribution in [0.3, 0.4) is 0 Å². The molecule has 178 valence electrons. The molecule has 0 bridgehead atoms. The van der Waals surface area contributed by atoms with Crippen LogP contribution in [0.15, 0.2) is 60.7 Å². The predicted octanol–water partition coefficient (Wildman–Crippen LogP) is 9.59. The summed E-state index contributed by atoms with van der Waals surface area (Å²) in [5.41, 5.74) is 2.32. The van der Waals surface area contributed by atoms with E-state index in [4.69, 9.17) is 9.47 Å². The van der Waals surface area contributed by atoms with Crippen molar-refractivity contribution in [2.45, 2.75) is 45.4 Å². The van der Waals surface area contributed by atoms with Crippen LogP contribution in [0.4, 0.5) is 0 Å². The molecule has 4 heteroatoms. The van der Waals surface area contributed by atoms with Crippen molar-refractivity contribution >= 4 is 64.1 Å². The number of unbranched alkanes of at least 4 members (excludes halogenated alkanes) is 5. The van der Waals surface area contributed by atoms with E-state index in [0.717, 1.165) is 30.0 Å². The minimum Gasteiger partial charge on any atom is -0.497 e. The Labute approximate surface area is 209 Å². The summed E-state index contributed by atoms with van der Waals surface area (Å²) in [7, 11) is 1.72. The van der Waals surface area contributed by atoms with Crippen LogP contribution >= 0.6 is 11.3 Å². The number of hydrogen-bond acceptors (Lipinski definition) is 3. The van der Waals surface area contributed by atoms with Crippen molar-refractivity contribution in [3.05, 3.63) is 60.7 Å². The number of thiophene rings is 1. The SMILES string of the molecule is CCCCCCCCOc1ccc2sc3c(ccc4c3ccc3c5cc(OC)ccc5[nH]c34)c2c1. The van der Waals surface area contributed by atoms with Gasteiger partial charge in [-0.1, -0.05) is 63.3 Å². The van der Waals surface area contributed by atoms with Crippen LogP contribution in [0.5, 0.6) is 11.5 Å². The number of H-pyrrole nitrogens is 1. The van der Waals surface area contributed by atoms with Gasteiger partial charge in [-0.05, 0) is 42.8 Å². The molecule has 0 radical (unpaired) electrons. The zero-order chi connectivity index (χ0) is 23.8. The topological polar surface area (TPSA) is 34.2 Å². The van der Waals surface area contributed by atoms with Crippen LogP contribution in [0, 0.1) is 0 Å². The molecule has 2 aromatic heterocycles. The summed E-state index contributed by atoms with van der Waals surface area (Å²) < 4.78 is 14.2. The van der Waals surface area contributed by atoms with Crippen molar-refractivity contribution in [3.8, 4) is 11.5 Å². The van der Waals surface area contributed by atoms with Crippen molar-refractivity contribution < 1.29 is 9.47 Å². The zero-order valence-corrected chi connectivity index (χ0v) is 21.3. The van der Waals surface area contributed by atoms with Crippen LogP contribution in [0.25, 0.3) is 52.8 Å². The van der Waals surface area contributed by atoms with Gasteiger partial charge in [0.2, 0.25) is 0 Å². The fraction of sp³-hybridized carbons (Fsp3) is 0.290. The summed E-state index contributed by atoms with van der Waals surface area (Å²) in [6.07, 6.45) is 7.68. The molecule has 0 saturated heterocycles. The second-order valence-corrected chi connectivity index (χ2v) is 10.5. The van der Waals surface area contributed by atoms with E-state index in [9.17, 15) is 0 Å². The van der Waals surface area contributed by atoms with E-state index in [1.807, 2.05) is 17.4 Å². The third kappa shape index (κ3) is 4.00. The van der Waals surface area contributed by atoms with E-state index in [-0.39, 0.29) is 0 Å². The second kappa shape index (κ2) is 9.43. The summed E-state index contributed by atoms with van der Waals surface area (Å²) in [6, 6.07) is 21.9. The molecule has 0 saturated carbocycles. The van der Waals surface area contributed by atoms with Gasteiger partial charge in [-0.3, -0.25) is 0 Å². The number of ether oxygens (including phenoxy) is 2. The molecule has 1 N–H and O–H groups in total. The van der Waals surface area contributed by atoms with Gasteiger partial charge in [-0.15, -0.1) is 11.3 Å². The van der Waals surface area contributed by atoms with E-state index in [0.29, 0.717) is 0 Å². The molecule has 4 aromatic carbocycles. The summed E-state index contributed by atoms with van der Waals surface area (Å²) in [5.74, 6) is 1.86. The maximum Gasteiger partial charge on any atom is 0.120 e. The molecule has 3 nitrogen and oxygen atoms in total. The van der Waals surface area contributed by atoms with E-state index >= 15 is 0 Å². The van der Waals surface area contributed by atoms with Crippen LogP contribution in [0.1, 0.15) is 45.4 Å². The Kier molecular flexibility index (Phi) is 5.99. The van der Waals surface area contributed by atoms with Crippen molar-refractivity contribution in [2.24, 2.45) is 0 Å². The smallest absolute Gasteiger partial charge is 0.120 e. The van der Waals surface area contributed by atoms with Crippen LogP contribution < -0.4 is 9.47 Å². The lowest BCUT2D eigenvalue weighted by atomic mass is 10.0. The molecule has 0 amide bonds. The first-order chi connectivity index (χ1) is 17.3. The molecule has 6 aromatic rings. The van der Waals surface area contributed by atoms with Crippen molar-refractivity contribution in [1.82, 2.24) is 4.98 Å². The first kappa shape index (κ1) is 22.2. The van der Waals surface area contributed by atoms with E-state index < -0.39 is 0 Å². The first-order valence-corrected chi connectivity index (χ1v) is 13.6. The average molecular weight is 482 g/mol. The van der Waals surface area contributed by atoms with Gasteiger partial charge >= 0.3 is 0 Å². The van der Waals surface area contributed by atoms with E-state index in [1.54, 1.807) is 7.11 Å². The average Bonchev–Trinajstić information content (AvgIpc) is 3.45. The van der Waals surface area contributed by atoms with Gasteiger partial charge in [0.25, 0.3) is 0 Å². The maximum atomic E-state index is 6.13. The standard InChI is InChI=1S/C31H31NO2S/c1-3-4-5-6-7-8-17-34-21-10-16-29-27(19-21)25-14-11-22-24(31(25)35-29)13-12-23-26-18-20(33-2)9-15-28(26)32-30(22)23/h9-16,18-19,32H,3-8,17H2,1-2H3. The lowest BCUT2D eigenvalue weighted by Crippen LogP contribution is -1.97. The van der Waals surface area contributed by atoms with Gasteiger partial charge in [-0.25, -0.2) is 0 Å². The highest BCUT2D eigenvalue weighted by molar-refractivity contribution is 7.26. The molecule has 0 unspecified atom stereocenters. The number of rotatable bonds is 9. The number of aromatic amines is 1. The Morgan fingerprint density at radius 1 is 0.686 bits per heavy atom. The van der Waals surface area contributed by atoms with Gasteiger partial charge in [0.05, 0.1) is 19.2 Å². The Morgan fingerprint density at radius 2 is 1.37 bits per heavy atom. The molecular weight excluding hydrogens is 450 g/mol. The molecule has 0 fully saturated rings. The highest BCUT2D eigenvalue weighted by Gasteiger charge is 2.14. The molecule has 0 aliphatic carbocycles. The number of nitrogens with one attached hydrogen (secondary N) is 1. The van der Waals surface area contributed by atoms with Crippen LogP contribution in [0.2, 0.25) is 0 Å². The maximum absolute atomic E-state index is 6.13. The predicted molar refractivity (Wildman–Crippen MR) is 152 cm³/mol. The van der Waals surface area contributed by atoms with Gasteiger partial charge in [0.15, 0.2) is 0 Å². The van der Waals surface area contributed by atoms with Gasteiger partial charge in [0.1, 0.15) is 11.5 Å². The molecule has 0 atom stereocenters. The lowest BCUT2D eigenvalue weighted by Gasteiger charge is -2.06. The fourth-order valence-corrected chi connectivity index (χ4v) is 6.47. The van der Waals surface area contributed by atoms with Crippen molar-refractivity contribution in [2.75, 3.05) is 13.7 Å². The Balaban J connectivity index is 1.34. The van der Waals surface area contributed by atoms with Crippen molar-refractivity contribution in [3.63, 3.8) is 0 Å². The largest absolute Gasteiger partial charge is 0.497 e. The molecule has 2 heterocycles. The lowest BCUT2D eigenvalue weighted by molar-refractivity contribution is 0.305. The Hall–Kier alpha value is -3.24. The number of aromatic nitrogens is 1. The Morgan fingerprint density at radius 3 is 2.20 bits per heavy atom. The third-order valence-electron chi connectivity index (χ3n) is 7.15. The number of fused-ring (bicyclic) bond motifs is 9. The number of benzene rings is 4. The molecule has 0 aliphatic heterocycles. The van der Waals surface area contributed by atoms with Gasteiger partial charge < -0.3 is 14.5 Å². The summed E-state index contributed by atoms with van der Waals surface area (Å²) in [4.78, 5) is 3.65. The molecule has 6 rings (SSSR count). The normalized spacial score (nSPS) is 11.9. The highest BCUT2D eigenvalue weighted by atomic mass is 32.1. The quantitative estimate of drug-likeness (QED) is 0.209. The zero-order valence-electron chi connectivity index (χ0n) is 20.4. The summed E-state index contributed by atoms with van der Waals surface area (Å²) >= 11 is 1.87. The fourth-order valence-electron chi connectivity index (χ4n) is 5.26. The summed E-state index contributed by atoms with van der Waals surface area (Å²) in [5, 5.41) is 7.58. The van der Waals surface area contributed by atoms with E-state index in [1.165, 1.54) is 79.3 Å². The first-order valence-electron chi connectivity index (χ1n) is 12.8. The molecule has 0 aliphatic rings. The molecular formula is C31H31NO2S. The van der Waals surface area contributed by atoms with Crippen LogP contribution in [-0.2, 0) is 0 Å². The van der Waals surface area contributed by atoms with Gasteiger partial charge in [-0.2, -0.15) is 0 Å². The minimum absolute atomic E-state index is 0.797. The minimum atomic E-state index is 0.797. The highest BCUT2D eigenvalue weighted by Crippen LogP contribution is 2.42. The van der Waals surface area contributed by atoms with Crippen molar-refractivity contribution in [1.29, 1.82) is 0 Å². The number of hydrogen-bond donors (Lipinski definition) is 1. The number of methoxy groups -OCH3 is 1. The monoisotopic (exact) mass is 481 g/mol.